The summed E-state index contributed by atoms with van der Waals surface area (Å²) >= 11 is 0. The Morgan fingerprint density at radius 1 is 0.259 bits per heavy atom. The van der Waals surface area contributed by atoms with Gasteiger partial charge in [0, 0.05) is 21.5 Å². The van der Waals surface area contributed by atoms with Gasteiger partial charge in [0.1, 0.15) is 22.3 Å². The van der Waals surface area contributed by atoms with Crippen molar-refractivity contribution in [2.75, 3.05) is 0 Å². The van der Waals surface area contributed by atoms with Gasteiger partial charge in [-0.25, -0.2) is 0 Å². The predicted molar refractivity (Wildman–Crippen MR) is 227 cm³/mol. The fourth-order valence-corrected chi connectivity index (χ4v) is 9.02. The Morgan fingerprint density at radius 2 is 0.759 bits per heavy atom. The van der Waals surface area contributed by atoms with Gasteiger partial charge < -0.3 is 8.83 Å². The van der Waals surface area contributed by atoms with Crippen molar-refractivity contribution in [3.8, 4) is 33.4 Å². The van der Waals surface area contributed by atoms with Crippen LogP contribution in [0.15, 0.2) is 191 Å². The highest BCUT2D eigenvalue weighted by molar-refractivity contribution is 6.26. The van der Waals surface area contributed by atoms with E-state index >= 15 is 0 Å². The molecule has 250 valence electrons. The Morgan fingerprint density at radius 3 is 1.48 bits per heavy atom. The van der Waals surface area contributed by atoms with E-state index < -0.39 is 0 Å². The second kappa shape index (κ2) is 11.2. The second-order valence-corrected chi connectivity index (χ2v) is 14.4. The molecule has 0 unspecified atom stereocenters. The monoisotopic (exact) mass is 686 g/mol. The van der Waals surface area contributed by atoms with Gasteiger partial charge in [0.05, 0.1) is 0 Å². The average Bonchev–Trinajstić information content (AvgIpc) is 3.80. The molecule has 0 bridgehead atoms. The van der Waals surface area contributed by atoms with Crippen LogP contribution in [0, 0.1) is 0 Å². The molecule has 0 aliphatic carbocycles. The minimum Gasteiger partial charge on any atom is -0.456 e. The van der Waals surface area contributed by atoms with E-state index in [0.29, 0.717) is 0 Å². The summed E-state index contributed by atoms with van der Waals surface area (Å²) in [4.78, 5) is 0. The fourth-order valence-electron chi connectivity index (χ4n) is 9.02. The minimum atomic E-state index is 0.873. The van der Waals surface area contributed by atoms with Crippen molar-refractivity contribution in [1.82, 2.24) is 0 Å². The van der Waals surface area contributed by atoms with Crippen LogP contribution in [0.25, 0.3) is 120 Å². The van der Waals surface area contributed by atoms with Crippen LogP contribution in [0.2, 0.25) is 0 Å². The van der Waals surface area contributed by atoms with Crippen LogP contribution in [0.5, 0.6) is 0 Å². The van der Waals surface area contributed by atoms with Gasteiger partial charge in [0.25, 0.3) is 0 Å². The Balaban J connectivity index is 0.997. The highest BCUT2D eigenvalue weighted by Crippen LogP contribution is 2.46. The fraction of sp³-hybridized carbons (Fsp3) is 0. The van der Waals surface area contributed by atoms with Gasteiger partial charge in [0.2, 0.25) is 0 Å². The van der Waals surface area contributed by atoms with E-state index in [2.05, 4.69) is 158 Å². The maximum Gasteiger partial charge on any atom is 0.136 e. The van der Waals surface area contributed by atoms with Crippen molar-refractivity contribution < 1.29 is 8.83 Å². The highest BCUT2D eigenvalue weighted by Gasteiger charge is 2.19. The van der Waals surface area contributed by atoms with Gasteiger partial charge >= 0.3 is 0 Å². The van der Waals surface area contributed by atoms with Gasteiger partial charge in [-0.15, -0.1) is 0 Å². The molecule has 2 heteroatoms. The van der Waals surface area contributed by atoms with Crippen LogP contribution >= 0.6 is 0 Å². The standard InChI is InChI=1S/C52H30O2/c1-2-12-37-31(10-1)11-9-18-38(37)50-41-15-5-3-13-39(41)49(40-14-4-6-16-42(40)50)36-23-22-32-28-33(20-21-34(32)29-36)35-24-25-44-48(30-35)54-47-27-26-46-51(52(44)47)43-17-7-8-19-45(43)53-46/h1-30H. The van der Waals surface area contributed by atoms with E-state index in [1.54, 1.807) is 0 Å². The summed E-state index contributed by atoms with van der Waals surface area (Å²) < 4.78 is 12.7. The quantitative estimate of drug-likeness (QED) is 0.173. The minimum absolute atomic E-state index is 0.873. The highest BCUT2D eigenvalue weighted by atomic mass is 16.3. The second-order valence-electron chi connectivity index (χ2n) is 14.4. The number of furan rings is 2. The average molecular weight is 687 g/mol. The van der Waals surface area contributed by atoms with Crippen molar-refractivity contribution in [2.45, 2.75) is 0 Å². The molecule has 12 rings (SSSR count). The molecule has 0 aliphatic heterocycles. The first-order valence-corrected chi connectivity index (χ1v) is 18.5. The molecule has 2 aromatic heterocycles. The van der Waals surface area contributed by atoms with Gasteiger partial charge in [0.15, 0.2) is 0 Å². The van der Waals surface area contributed by atoms with Crippen molar-refractivity contribution >= 4 is 87.0 Å². The molecule has 0 spiro atoms. The Kier molecular flexibility index (Phi) is 6.09. The van der Waals surface area contributed by atoms with Crippen LogP contribution in [0.3, 0.4) is 0 Å². The molecule has 12 aromatic rings. The normalized spacial score (nSPS) is 12.1. The van der Waals surface area contributed by atoms with Gasteiger partial charge in [-0.3, -0.25) is 0 Å². The predicted octanol–water partition coefficient (Wildman–Crippen LogP) is 15.1. The van der Waals surface area contributed by atoms with Gasteiger partial charge in [-0.05, 0) is 119 Å². The lowest BCUT2D eigenvalue weighted by atomic mass is 9.84. The molecule has 0 N–H and O–H groups in total. The molecule has 0 radical (unpaired) electrons. The van der Waals surface area contributed by atoms with E-state index in [1.165, 1.54) is 65.3 Å². The third kappa shape index (κ3) is 4.22. The smallest absolute Gasteiger partial charge is 0.136 e. The first-order chi connectivity index (χ1) is 26.8. The summed E-state index contributed by atoms with van der Waals surface area (Å²) in [6, 6.07) is 65.7. The Bertz CT molecular complexity index is 3440. The lowest BCUT2D eigenvalue weighted by Crippen LogP contribution is -1.91. The van der Waals surface area contributed by atoms with Gasteiger partial charge in [-0.2, -0.15) is 0 Å². The van der Waals surface area contributed by atoms with Crippen molar-refractivity contribution in [2.24, 2.45) is 0 Å². The lowest BCUT2D eigenvalue weighted by molar-refractivity contribution is 0.663. The van der Waals surface area contributed by atoms with Crippen molar-refractivity contribution in [3.05, 3.63) is 182 Å². The largest absolute Gasteiger partial charge is 0.456 e. The Labute approximate surface area is 310 Å². The molecule has 0 amide bonds. The summed E-state index contributed by atoms with van der Waals surface area (Å²) in [7, 11) is 0. The van der Waals surface area contributed by atoms with E-state index in [1.807, 2.05) is 24.3 Å². The molecule has 0 fully saturated rings. The molecule has 0 aliphatic rings. The van der Waals surface area contributed by atoms with Crippen LogP contribution in [0.1, 0.15) is 0 Å². The molecule has 10 aromatic carbocycles. The number of benzene rings is 10. The summed E-state index contributed by atoms with van der Waals surface area (Å²) in [5.41, 5.74) is 10.8. The van der Waals surface area contributed by atoms with Crippen molar-refractivity contribution in [1.29, 1.82) is 0 Å². The summed E-state index contributed by atoms with van der Waals surface area (Å²) in [5, 5.41) is 14.4. The number of fused-ring (bicyclic) bond motifs is 11. The number of hydrogen-bond donors (Lipinski definition) is 0. The summed E-state index contributed by atoms with van der Waals surface area (Å²) in [5.74, 6) is 0. The summed E-state index contributed by atoms with van der Waals surface area (Å²) in [6.45, 7) is 0. The SMILES string of the molecule is c1ccc2c(-c3c4ccccc4c(-c4ccc5cc(-c6ccc7c(c6)oc6ccc8oc9ccccc9c8c67)ccc5c4)c4ccccc34)cccc2c1. The number of rotatable bonds is 3. The molecule has 2 heterocycles. The zero-order valence-corrected chi connectivity index (χ0v) is 29.1. The maximum absolute atomic E-state index is 6.48. The van der Waals surface area contributed by atoms with Crippen LogP contribution in [0.4, 0.5) is 0 Å². The molecule has 0 atom stereocenters. The Hall–Kier alpha value is -7.16. The van der Waals surface area contributed by atoms with Gasteiger partial charge in [-0.1, -0.05) is 140 Å². The molecular formula is C52H30O2. The van der Waals surface area contributed by atoms with Crippen LogP contribution in [-0.2, 0) is 0 Å². The number of hydrogen-bond acceptors (Lipinski definition) is 2. The van der Waals surface area contributed by atoms with E-state index in [0.717, 1.165) is 55.0 Å². The first kappa shape index (κ1) is 29.4. The molecule has 0 saturated carbocycles. The maximum atomic E-state index is 6.48. The van der Waals surface area contributed by atoms with Crippen molar-refractivity contribution in [3.63, 3.8) is 0 Å². The molecule has 0 saturated heterocycles. The molecule has 2 nitrogen and oxygen atoms in total. The lowest BCUT2D eigenvalue weighted by Gasteiger charge is -2.19. The zero-order chi connectivity index (χ0) is 35.3. The molecule has 54 heavy (non-hydrogen) atoms. The topological polar surface area (TPSA) is 26.3 Å². The van der Waals surface area contributed by atoms with E-state index in [4.69, 9.17) is 8.83 Å². The van der Waals surface area contributed by atoms with E-state index in [-0.39, 0.29) is 0 Å². The van der Waals surface area contributed by atoms with E-state index in [9.17, 15) is 0 Å². The van der Waals surface area contributed by atoms with Crippen LogP contribution < -0.4 is 0 Å². The number of para-hydroxylation sites is 1. The molecular weight excluding hydrogens is 657 g/mol. The van der Waals surface area contributed by atoms with Crippen LogP contribution in [-0.4, -0.2) is 0 Å². The first-order valence-electron chi connectivity index (χ1n) is 18.5. The third-order valence-corrected chi connectivity index (χ3v) is 11.4. The summed E-state index contributed by atoms with van der Waals surface area (Å²) in [6.07, 6.45) is 0. The zero-order valence-electron chi connectivity index (χ0n) is 29.1. The third-order valence-electron chi connectivity index (χ3n) is 11.4.